The van der Waals surface area contributed by atoms with Gasteiger partial charge in [-0.2, -0.15) is 0 Å². The molecule has 0 unspecified atom stereocenters. The number of carbonyl (C=O) groups excluding carboxylic acids is 1. The number of aromatic nitrogens is 1. The van der Waals surface area contributed by atoms with Crippen molar-refractivity contribution >= 4 is 29.1 Å². The molecule has 1 aliphatic heterocycles. The van der Waals surface area contributed by atoms with Gasteiger partial charge in [0.2, 0.25) is 0 Å². The molecule has 7 heteroatoms. The molecule has 0 aliphatic carbocycles. The molecule has 2 aromatic rings. The SMILES string of the molecule is COc1ccc(Cl)cc1C(=O)N1CCC(Oc2ccncc2Cl)CC1. The van der Waals surface area contributed by atoms with Gasteiger partial charge in [0.15, 0.2) is 0 Å². The second-order valence-electron chi connectivity index (χ2n) is 5.76. The van der Waals surface area contributed by atoms with E-state index >= 15 is 0 Å². The van der Waals surface area contributed by atoms with E-state index < -0.39 is 0 Å². The molecule has 0 N–H and O–H groups in total. The van der Waals surface area contributed by atoms with Crippen LogP contribution in [0, 0.1) is 0 Å². The highest BCUT2D eigenvalue weighted by Crippen LogP contribution is 2.28. The number of carbonyl (C=O) groups is 1. The molecule has 1 aromatic heterocycles. The zero-order chi connectivity index (χ0) is 17.8. The highest BCUT2D eigenvalue weighted by atomic mass is 35.5. The number of hydrogen-bond donors (Lipinski definition) is 0. The Morgan fingerprint density at radius 3 is 2.64 bits per heavy atom. The Bertz CT molecular complexity index is 762. The van der Waals surface area contributed by atoms with Crippen LogP contribution in [-0.2, 0) is 0 Å². The molecule has 1 fully saturated rings. The number of pyridine rings is 1. The normalized spacial score (nSPS) is 15.1. The van der Waals surface area contributed by atoms with Crippen LogP contribution in [-0.4, -0.2) is 42.1 Å². The Morgan fingerprint density at radius 2 is 1.96 bits per heavy atom. The maximum absolute atomic E-state index is 12.8. The zero-order valence-electron chi connectivity index (χ0n) is 13.7. The van der Waals surface area contributed by atoms with Crippen molar-refractivity contribution in [3.05, 3.63) is 52.3 Å². The average molecular weight is 381 g/mol. The van der Waals surface area contributed by atoms with Gasteiger partial charge < -0.3 is 14.4 Å². The minimum atomic E-state index is -0.0836. The van der Waals surface area contributed by atoms with Crippen LogP contribution in [0.2, 0.25) is 10.0 Å². The first kappa shape index (κ1) is 17.8. The van der Waals surface area contributed by atoms with Gasteiger partial charge in [-0.1, -0.05) is 23.2 Å². The van der Waals surface area contributed by atoms with Gasteiger partial charge in [0.05, 0.1) is 12.7 Å². The second-order valence-corrected chi connectivity index (χ2v) is 6.60. The molecule has 1 aliphatic rings. The lowest BCUT2D eigenvalue weighted by Crippen LogP contribution is -2.41. The quantitative estimate of drug-likeness (QED) is 0.801. The highest BCUT2D eigenvalue weighted by molar-refractivity contribution is 6.32. The molecule has 1 saturated heterocycles. The fourth-order valence-corrected chi connectivity index (χ4v) is 3.17. The van der Waals surface area contributed by atoms with Crippen molar-refractivity contribution in [1.29, 1.82) is 0 Å². The first-order valence-electron chi connectivity index (χ1n) is 7.97. The summed E-state index contributed by atoms with van der Waals surface area (Å²) < 4.78 is 11.2. The molecule has 1 aromatic carbocycles. The minimum Gasteiger partial charge on any atom is -0.496 e. The number of piperidine rings is 1. The third kappa shape index (κ3) is 4.17. The minimum absolute atomic E-state index is 0.0187. The van der Waals surface area contributed by atoms with Gasteiger partial charge in [0.25, 0.3) is 5.91 Å². The summed E-state index contributed by atoms with van der Waals surface area (Å²) >= 11 is 12.1. The Balaban J connectivity index is 1.63. The fraction of sp³-hybridized carbons (Fsp3) is 0.333. The number of amides is 1. The first-order chi connectivity index (χ1) is 12.1. The fourth-order valence-electron chi connectivity index (χ4n) is 2.83. The van der Waals surface area contributed by atoms with E-state index in [4.69, 9.17) is 32.7 Å². The summed E-state index contributed by atoms with van der Waals surface area (Å²) in [5, 5.41) is 0.999. The summed E-state index contributed by atoms with van der Waals surface area (Å²) in [4.78, 5) is 18.5. The molecule has 0 spiro atoms. The van der Waals surface area contributed by atoms with Crippen LogP contribution in [0.1, 0.15) is 23.2 Å². The van der Waals surface area contributed by atoms with Gasteiger partial charge >= 0.3 is 0 Å². The lowest BCUT2D eigenvalue weighted by atomic mass is 10.1. The molecule has 5 nitrogen and oxygen atoms in total. The smallest absolute Gasteiger partial charge is 0.257 e. The lowest BCUT2D eigenvalue weighted by Gasteiger charge is -2.32. The van der Waals surface area contributed by atoms with Crippen molar-refractivity contribution in [3.63, 3.8) is 0 Å². The molecule has 0 saturated carbocycles. The van der Waals surface area contributed by atoms with Gasteiger partial charge in [-0.3, -0.25) is 9.78 Å². The number of likely N-dealkylation sites (tertiary alicyclic amines) is 1. The topological polar surface area (TPSA) is 51.7 Å². The molecular weight excluding hydrogens is 363 g/mol. The van der Waals surface area contributed by atoms with Crippen molar-refractivity contribution < 1.29 is 14.3 Å². The average Bonchev–Trinajstić information content (AvgIpc) is 2.63. The summed E-state index contributed by atoms with van der Waals surface area (Å²) in [5.41, 5.74) is 0.478. The summed E-state index contributed by atoms with van der Waals surface area (Å²) in [5.74, 6) is 1.06. The third-order valence-corrected chi connectivity index (χ3v) is 4.67. The van der Waals surface area contributed by atoms with Gasteiger partial charge in [-0.25, -0.2) is 0 Å². The second kappa shape index (κ2) is 7.93. The van der Waals surface area contributed by atoms with Crippen molar-refractivity contribution in [2.24, 2.45) is 0 Å². The van der Waals surface area contributed by atoms with E-state index in [0.717, 1.165) is 12.8 Å². The van der Waals surface area contributed by atoms with Crippen molar-refractivity contribution in [2.75, 3.05) is 20.2 Å². The molecule has 0 radical (unpaired) electrons. The van der Waals surface area contributed by atoms with Crippen LogP contribution in [0.25, 0.3) is 0 Å². The maximum atomic E-state index is 12.8. The number of halogens is 2. The number of ether oxygens (including phenoxy) is 2. The van der Waals surface area contributed by atoms with Gasteiger partial charge in [-0.05, 0) is 18.2 Å². The summed E-state index contributed by atoms with van der Waals surface area (Å²) in [7, 11) is 1.54. The summed E-state index contributed by atoms with van der Waals surface area (Å²) in [6.45, 7) is 1.20. The highest BCUT2D eigenvalue weighted by Gasteiger charge is 2.27. The molecule has 0 bridgehead atoms. The van der Waals surface area contributed by atoms with Crippen LogP contribution in [0.5, 0.6) is 11.5 Å². The molecule has 1 amide bonds. The molecule has 2 heterocycles. The van der Waals surface area contributed by atoms with E-state index in [1.807, 2.05) is 0 Å². The van der Waals surface area contributed by atoms with Crippen LogP contribution < -0.4 is 9.47 Å². The van der Waals surface area contributed by atoms with E-state index in [0.29, 0.717) is 40.2 Å². The van der Waals surface area contributed by atoms with Crippen LogP contribution in [0.15, 0.2) is 36.7 Å². The van der Waals surface area contributed by atoms with Gasteiger partial charge in [0.1, 0.15) is 22.6 Å². The third-order valence-electron chi connectivity index (χ3n) is 4.15. The van der Waals surface area contributed by atoms with Crippen molar-refractivity contribution in [2.45, 2.75) is 18.9 Å². The predicted octanol–water partition coefficient (Wildman–Crippen LogP) is 4.08. The van der Waals surface area contributed by atoms with Gasteiger partial charge in [-0.15, -0.1) is 0 Å². The number of nitrogens with zero attached hydrogens (tertiary/aromatic N) is 2. The monoisotopic (exact) mass is 380 g/mol. The van der Waals surface area contributed by atoms with Crippen LogP contribution >= 0.6 is 23.2 Å². The predicted molar refractivity (Wildman–Crippen MR) is 96.8 cm³/mol. The molecule has 132 valence electrons. The summed E-state index contributed by atoms with van der Waals surface area (Å²) in [6.07, 6.45) is 4.68. The van der Waals surface area contributed by atoms with Crippen molar-refractivity contribution in [3.8, 4) is 11.5 Å². The van der Waals surface area contributed by atoms with E-state index in [2.05, 4.69) is 4.98 Å². The molecule has 0 atom stereocenters. The first-order valence-corrected chi connectivity index (χ1v) is 8.73. The summed E-state index contributed by atoms with van der Waals surface area (Å²) in [6, 6.07) is 6.80. The Morgan fingerprint density at radius 1 is 1.20 bits per heavy atom. The maximum Gasteiger partial charge on any atom is 0.257 e. The van der Waals surface area contributed by atoms with Gasteiger partial charge in [0, 0.05) is 49.4 Å². The van der Waals surface area contributed by atoms with E-state index in [-0.39, 0.29) is 12.0 Å². The largest absolute Gasteiger partial charge is 0.496 e. The number of benzene rings is 1. The van der Waals surface area contributed by atoms with Crippen molar-refractivity contribution in [1.82, 2.24) is 9.88 Å². The van der Waals surface area contributed by atoms with E-state index in [9.17, 15) is 4.79 Å². The standard InChI is InChI=1S/C18H18Cl2N2O3/c1-24-16-3-2-12(19)10-14(16)18(23)22-8-5-13(6-9-22)25-17-4-7-21-11-15(17)20/h2-4,7,10-11,13H,5-6,8-9H2,1H3. The van der Waals surface area contributed by atoms with E-state index in [1.165, 1.54) is 0 Å². The van der Waals surface area contributed by atoms with E-state index in [1.54, 1.807) is 48.7 Å². The Hall–Kier alpha value is -1.98. The zero-order valence-corrected chi connectivity index (χ0v) is 15.3. The number of rotatable bonds is 4. The Labute approximate surface area is 156 Å². The molecule has 3 rings (SSSR count). The molecular formula is C18H18Cl2N2O3. The van der Waals surface area contributed by atoms with Crippen LogP contribution in [0.4, 0.5) is 0 Å². The molecule has 25 heavy (non-hydrogen) atoms. The lowest BCUT2D eigenvalue weighted by molar-refractivity contribution is 0.0592. The number of methoxy groups -OCH3 is 1. The number of hydrogen-bond acceptors (Lipinski definition) is 4. The van der Waals surface area contributed by atoms with Crippen LogP contribution in [0.3, 0.4) is 0 Å². The Kier molecular flexibility index (Phi) is 5.66.